The minimum atomic E-state index is -0.857. The summed E-state index contributed by atoms with van der Waals surface area (Å²) in [5, 5.41) is 8.10. The van der Waals surface area contributed by atoms with Gasteiger partial charge in [-0.2, -0.15) is 0 Å². The third-order valence-electron chi connectivity index (χ3n) is 2.05. The van der Waals surface area contributed by atoms with E-state index < -0.39 is 11.2 Å². The number of cyclic esters (lactones) is 1. The molecule has 1 aliphatic rings. The highest BCUT2D eigenvalue weighted by Gasteiger charge is 2.33. The van der Waals surface area contributed by atoms with Gasteiger partial charge in [-0.05, 0) is 5.92 Å². The van der Waals surface area contributed by atoms with Crippen LogP contribution in [0, 0.1) is 5.92 Å². The smallest absolute Gasteiger partial charge is 0.319 e. The lowest BCUT2D eigenvalue weighted by Crippen LogP contribution is -2.27. The van der Waals surface area contributed by atoms with Crippen molar-refractivity contribution < 1.29 is 19.4 Å². The first-order valence-corrected chi connectivity index (χ1v) is 5.51. The monoisotopic (exact) mass is 218 g/mol. The van der Waals surface area contributed by atoms with Crippen molar-refractivity contribution in [3.63, 3.8) is 0 Å². The van der Waals surface area contributed by atoms with Gasteiger partial charge in [-0.1, -0.05) is 13.8 Å². The maximum Gasteiger partial charge on any atom is 0.319 e. The molecule has 0 bridgehead atoms. The van der Waals surface area contributed by atoms with Gasteiger partial charge < -0.3 is 9.84 Å². The SMILES string of the molecule is CC(C)C(SC1CCOC1=O)C(=O)O. The van der Waals surface area contributed by atoms with Crippen LogP contribution in [0.1, 0.15) is 20.3 Å². The van der Waals surface area contributed by atoms with Crippen molar-refractivity contribution in [2.75, 3.05) is 6.61 Å². The number of aliphatic carboxylic acids is 1. The van der Waals surface area contributed by atoms with E-state index in [0.29, 0.717) is 13.0 Å². The molecule has 1 N–H and O–H groups in total. The Morgan fingerprint density at radius 2 is 2.29 bits per heavy atom. The molecule has 14 heavy (non-hydrogen) atoms. The van der Waals surface area contributed by atoms with Gasteiger partial charge in [-0.3, -0.25) is 9.59 Å². The fourth-order valence-electron chi connectivity index (χ4n) is 1.28. The van der Waals surface area contributed by atoms with E-state index in [9.17, 15) is 9.59 Å². The predicted octanol–water partition coefficient (Wildman–Crippen LogP) is 1.14. The number of carboxylic acids is 1. The summed E-state index contributed by atoms with van der Waals surface area (Å²) in [7, 11) is 0. The first kappa shape index (κ1) is 11.4. The van der Waals surface area contributed by atoms with Gasteiger partial charge in [-0.15, -0.1) is 11.8 Å². The number of thioether (sulfide) groups is 1. The van der Waals surface area contributed by atoms with E-state index >= 15 is 0 Å². The highest BCUT2D eigenvalue weighted by molar-refractivity contribution is 8.01. The average molecular weight is 218 g/mol. The van der Waals surface area contributed by atoms with E-state index in [2.05, 4.69) is 0 Å². The van der Waals surface area contributed by atoms with Crippen molar-refractivity contribution in [2.45, 2.75) is 30.8 Å². The average Bonchev–Trinajstić information content (AvgIpc) is 2.46. The fourth-order valence-corrected chi connectivity index (χ4v) is 2.47. The van der Waals surface area contributed by atoms with Crippen molar-refractivity contribution in [3.05, 3.63) is 0 Å². The Balaban J connectivity index is 2.55. The summed E-state index contributed by atoms with van der Waals surface area (Å²) in [5.74, 6) is -1.11. The van der Waals surface area contributed by atoms with Gasteiger partial charge in [-0.25, -0.2) is 0 Å². The number of carbonyl (C=O) groups excluding carboxylic acids is 1. The molecule has 80 valence electrons. The second-order valence-corrected chi connectivity index (χ2v) is 4.93. The van der Waals surface area contributed by atoms with Gasteiger partial charge >= 0.3 is 11.9 Å². The minimum Gasteiger partial charge on any atom is -0.480 e. The fraction of sp³-hybridized carbons (Fsp3) is 0.778. The standard InChI is InChI=1S/C9H14O4S/c1-5(2)7(8(10)11)14-6-3-4-13-9(6)12/h5-7H,3-4H2,1-2H3,(H,10,11). The van der Waals surface area contributed by atoms with E-state index in [1.165, 1.54) is 11.8 Å². The molecule has 1 heterocycles. The number of esters is 1. The zero-order valence-corrected chi connectivity index (χ0v) is 9.04. The molecule has 0 amide bonds. The molecular weight excluding hydrogens is 204 g/mol. The molecule has 0 saturated carbocycles. The summed E-state index contributed by atoms with van der Waals surface area (Å²) >= 11 is 1.20. The number of ether oxygens (including phenoxy) is 1. The van der Waals surface area contributed by atoms with Crippen LogP contribution >= 0.6 is 11.8 Å². The third kappa shape index (κ3) is 2.64. The molecule has 4 nitrogen and oxygen atoms in total. The van der Waals surface area contributed by atoms with Crippen LogP contribution in [0.15, 0.2) is 0 Å². The van der Waals surface area contributed by atoms with E-state index in [0.717, 1.165) is 0 Å². The molecule has 0 radical (unpaired) electrons. The summed E-state index contributed by atoms with van der Waals surface area (Å²) in [4.78, 5) is 22.0. The summed E-state index contributed by atoms with van der Waals surface area (Å²) in [6.07, 6.45) is 0.625. The topological polar surface area (TPSA) is 63.6 Å². The summed E-state index contributed by atoms with van der Waals surface area (Å²) in [6, 6.07) is 0. The zero-order valence-electron chi connectivity index (χ0n) is 8.23. The largest absolute Gasteiger partial charge is 0.480 e. The Bertz CT molecular complexity index is 239. The van der Waals surface area contributed by atoms with Gasteiger partial charge in [0.2, 0.25) is 0 Å². The Labute approximate surface area is 87.0 Å². The number of carboxylic acid groups (broad SMARTS) is 1. The second-order valence-electron chi connectivity index (χ2n) is 3.58. The lowest BCUT2D eigenvalue weighted by molar-refractivity contribution is -0.137. The Kier molecular flexibility index (Phi) is 3.80. The molecule has 1 saturated heterocycles. The summed E-state index contributed by atoms with van der Waals surface area (Å²) in [5.41, 5.74) is 0. The molecule has 0 aromatic carbocycles. The molecule has 5 heteroatoms. The minimum absolute atomic E-state index is 0.0194. The molecule has 0 aliphatic carbocycles. The van der Waals surface area contributed by atoms with Crippen molar-refractivity contribution >= 4 is 23.7 Å². The number of hydrogen-bond donors (Lipinski definition) is 1. The van der Waals surface area contributed by atoms with Gasteiger partial charge in [0, 0.05) is 6.42 Å². The molecule has 0 aromatic rings. The van der Waals surface area contributed by atoms with E-state index in [4.69, 9.17) is 9.84 Å². The number of rotatable bonds is 4. The van der Waals surface area contributed by atoms with Gasteiger partial charge in [0.25, 0.3) is 0 Å². The van der Waals surface area contributed by atoms with E-state index in [-0.39, 0.29) is 17.1 Å². The van der Waals surface area contributed by atoms with Crippen LogP contribution in [0.4, 0.5) is 0 Å². The van der Waals surface area contributed by atoms with E-state index in [1.54, 1.807) is 0 Å². The van der Waals surface area contributed by atoms with Crippen LogP contribution in [-0.4, -0.2) is 34.2 Å². The Hall–Kier alpha value is -0.710. The lowest BCUT2D eigenvalue weighted by Gasteiger charge is -2.17. The second kappa shape index (κ2) is 4.68. The van der Waals surface area contributed by atoms with Crippen LogP contribution < -0.4 is 0 Å². The number of hydrogen-bond acceptors (Lipinski definition) is 4. The van der Waals surface area contributed by atoms with E-state index in [1.807, 2.05) is 13.8 Å². The first-order valence-electron chi connectivity index (χ1n) is 4.57. The van der Waals surface area contributed by atoms with Crippen LogP contribution in [0.5, 0.6) is 0 Å². The summed E-state index contributed by atoms with van der Waals surface area (Å²) < 4.78 is 4.77. The zero-order chi connectivity index (χ0) is 10.7. The van der Waals surface area contributed by atoms with Crippen molar-refractivity contribution in [3.8, 4) is 0 Å². The molecule has 2 unspecified atom stereocenters. The van der Waals surface area contributed by atoms with Crippen molar-refractivity contribution in [2.24, 2.45) is 5.92 Å². The van der Waals surface area contributed by atoms with Crippen molar-refractivity contribution in [1.29, 1.82) is 0 Å². The van der Waals surface area contributed by atoms with Crippen LogP contribution in [0.2, 0.25) is 0 Å². The molecule has 1 aliphatic heterocycles. The maximum absolute atomic E-state index is 11.1. The highest BCUT2D eigenvalue weighted by atomic mass is 32.2. The normalized spacial score (nSPS) is 23.6. The molecule has 0 spiro atoms. The van der Waals surface area contributed by atoms with Gasteiger partial charge in [0.15, 0.2) is 0 Å². The number of carbonyl (C=O) groups is 2. The van der Waals surface area contributed by atoms with Crippen molar-refractivity contribution in [1.82, 2.24) is 0 Å². The maximum atomic E-state index is 11.1. The summed E-state index contributed by atoms with van der Waals surface area (Å²) in [6.45, 7) is 4.10. The third-order valence-corrected chi connectivity index (χ3v) is 3.84. The lowest BCUT2D eigenvalue weighted by atomic mass is 10.1. The van der Waals surface area contributed by atoms with Gasteiger partial charge in [0.05, 0.1) is 6.61 Å². The highest BCUT2D eigenvalue weighted by Crippen LogP contribution is 2.29. The molecule has 1 fully saturated rings. The van der Waals surface area contributed by atoms with Gasteiger partial charge in [0.1, 0.15) is 10.5 Å². The predicted molar refractivity (Wildman–Crippen MR) is 53.2 cm³/mol. The molecular formula is C9H14O4S. The Morgan fingerprint density at radius 1 is 1.64 bits per heavy atom. The first-order chi connectivity index (χ1) is 6.52. The molecule has 1 rings (SSSR count). The Morgan fingerprint density at radius 3 is 2.64 bits per heavy atom. The van der Waals surface area contributed by atoms with Crippen LogP contribution in [0.25, 0.3) is 0 Å². The molecule has 2 atom stereocenters. The van der Waals surface area contributed by atoms with Crippen LogP contribution in [-0.2, 0) is 14.3 Å². The molecule has 0 aromatic heterocycles. The van der Waals surface area contributed by atoms with Crippen LogP contribution in [0.3, 0.4) is 0 Å². The quantitative estimate of drug-likeness (QED) is 0.717.